The van der Waals surface area contributed by atoms with Gasteiger partial charge in [0.05, 0.1) is 19.6 Å². The van der Waals surface area contributed by atoms with Crippen LogP contribution in [-0.2, 0) is 14.3 Å². The standard InChI is InChI=1S/C14H19BrN2O3/c1-9(16)7-13(18)17-12(8-14(19)20-2)10-3-5-11(15)6-4-10/h3-6,9,12H,7-8,16H2,1-2H3,(H,17,18). The van der Waals surface area contributed by atoms with Gasteiger partial charge in [0.1, 0.15) is 0 Å². The summed E-state index contributed by atoms with van der Waals surface area (Å²) in [4.78, 5) is 23.3. The monoisotopic (exact) mass is 342 g/mol. The highest BCUT2D eigenvalue weighted by Gasteiger charge is 2.19. The normalized spacial score (nSPS) is 13.4. The van der Waals surface area contributed by atoms with Gasteiger partial charge in [-0.25, -0.2) is 0 Å². The molecule has 2 unspecified atom stereocenters. The minimum Gasteiger partial charge on any atom is -0.469 e. The number of hydrogen-bond acceptors (Lipinski definition) is 4. The predicted octanol–water partition coefficient (Wildman–Crippen LogP) is 1.91. The number of hydrogen-bond donors (Lipinski definition) is 2. The van der Waals surface area contributed by atoms with Gasteiger partial charge < -0.3 is 15.8 Å². The molecule has 6 heteroatoms. The highest BCUT2D eigenvalue weighted by Crippen LogP contribution is 2.20. The first kappa shape index (κ1) is 16.7. The molecule has 0 aliphatic heterocycles. The Bertz CT molecular complexity index is 460. The number of rotatable bonds is 6. The van der Waals surface area contributed by atoms with Crippen LogP contribution < -0.4 is 11.1 Å². The second kappa shape index (κ2) is 8.01. The van der Waals surface area contributed by atoms with Crippen molar-refractivity contribution in [1.29, 1.82) is 0 Å². The average molecular weight is 343 g/mol. The summed E-state index contributed by atoms with van der Waals surface area (Å²) in [5.41, 5.74) is 6.44. The smallest absolute Gasteiger partial charge is 0.307 e. The minimum atomic E-state index is -0.415. The Hall–Kier alpha value is -1.40. The number of nitrogens with one attached hydrogen (secondary N) is 1. The third kappa shape index (κ3) is 5.71. The zero-order valence-corrected chi connectivity index (χ0v) is 13.1. The van der Waals surface area contributed by atoms with E-state index in [1.165, 1.54) is 7.11 Å². The molecule has 0 heterocycles. The Balaban J connectivity index is 2.82. The fourth-order valence-corrected chi connectivity index (χ4v) is 2.01. The van der Waals surface area contributed by atoms with Gasteiger partial charge in [-0.2, -0.15) is 0 Å². The van der Waals surface area contributed by atoms with E-state index < -0.39 is 6.04 Å². The van der Waals surface area contributed by atoms with Crippen molar-refractivity contribution < 1.29 is 14.3 Å². The van der Waals surface area contributed by atoms with Crippen LogP contribution in [0.1, 0.15) is 31.4 Å². The lowest BCUT2D eigenvalue weighted by molar-refractivity contribution is -0.141. The third-order valence-corrected chi connectivity index (χ3v) is 3.24. The number of carbonyl (C=O) groups is 2. The van der Waals surface area contributed by atoms with Crippen LogP contribution in [-0.4, -0.2) is 25.0 Å². The second-order valence-corrected chi connectivity index (χ2v) is 5.55. The number of nitrogens with two attached hydrogens (primary N) is 1. The summed E-state index contributed by atoms with van der Waals surface area (Å²) in [7, 11) is 1.32. The van der Waals surface area contributed by atoms with E-state index in [0.29, 0.717) is 0 Å². The summed E-state index contributed by atoms with van der Waals surface area (Å²) in [6, 6.07) is 6.78. The van der Waals surface area contributed by atoms with Crippen LogP contribution in [0.5, 0.6) is 0 Å². The number of amides is 1. The van der Waals surface area contributed by atoms with E-state index in [-0.39, 0.29) is 30.8 Å². The van der Waals surface area contributed by atoms with E-state index >= 15 is 0 Å². The van der Waals surface area contributed by atoms with Crippen molar-refractivity contribution in [2.75, 3.05) is 7.11 Å². The molecule has 1 aromatic carbocycles. The van der Waals surface area contributed by atoms with Crippen LogP contribution in [0, 0.1) is 0 Å². The van der Waals surface area contributed by atoms with E-state index in [1.54, 1.807) is 6.92 Å². The van der Waals surface area contributed by atoms with Crippen LogP contribution >= 0.6 is 15.9 Å². The molecule has 0 bridgehead atoms. The molecule has 2 atom stereocenters. The summed E-state index contributed by atoms with van der Waals surface area (Å²) in [6.45, 7) is 1.76. The first-order valence-corrected chi connectivity index (χ1v) is 7.09. The Kier molecular flexibility index (Phi) is 6.67. The molecule has 0 saturated carbocycles. The first-order chi connectivity index (χ1) is 9.42. The zero-order chi connectivity index (χ0) is 15.1. The van der Waals surface area contributed by atoms with Crippen molar-refractivity contribution in [3.8, 4) is 0 Å². The molecule has 0 fully saturated rings. The van der Waals surface area contributed by atoms with E-state index in [2.05, 4.69) is 26.0 Å². The molecule has 110 valence electrons. The highest BCUT2D eigenvalue weighted by molar-refractivity contribution is 9.10. The predicted molar refractivity (Wildman–Crippen MR) is 79.9 cm³/mol. The molecule has 0 aliphatic carbocycles. The minimum absolute atomic E-state index is 0.0861. The summed E-state index contributed by atoms with van der Waals surface area (Å²) < 4.78 is 5.59. The van der Waals surface area contributed by atoms with Gasteiger partial charge in [0.15, 0.2) is 0 Å². The van der Waals surface area contributed by atoms with Gasteiger partial charge in [0, 0.05) is 16.9 Å². The Morgan fingerprint density at radius 2 is 1.90 bits per heavy atom. The van der Waals surface area contributed by atoms with Gasteiger partial charge in [0.25, 0.3) is 0 Å². The Labute approximate surface area is 127 Å². The highest BCUT2D eigenvalue weighted by atomic mass is 79.9. The summed E-state index contributed by atoms with van der Waals surface area (Å²) >= 11 is 3.35. The number of ether oxygens (including phenoxy) is 1. The van der Waals surface area contributed by atoms with Gasteiger partial charge in [-0.1, -0.05) is 28.1 Å². The average Bonchev–Trinajstić information content (AvgIpc) is 2.37. The quantitative estimate of drug-likeness (QED) is 0.773. The molecule has 1 amide bonds. The Morgan fingerprint density at radius 1 is 1.30 bits per heavy atom. The van der Waals surface area contributed by atoms with Crippen molar-refractivity contribution in [2.45, 2.75) is 31.8 Å². The molecule has 1 rings (SSSR count). The molecule has 0 spiro atoms. The molecule has 0 radical (unpaired) electrons. The molecule has 0 aromatic heterocycles. The molecule has 20 heavy (non-hydrogen) atoms. The number of benzene rings is 1. The van der Waals surface area contributed by atoms with Crippen LogP contribution in [0.25, 0.3) is 0 Å². The van der Waals surface area contributed by atoms with Crippen LogP contribution in [0.15, 0.2) is 28.7 Å². The van der Waals surface area contributed by atoms with Gasteiger partial charge in [-0.3, -0.25) is 9.59 Å². The zero-order valence-electron chi connectivity index (χ0n) is 11.6. The second-order valence-electron chi connectivity index (χ2n) is 4.63. The first-order valence-electron chi connectivity index (χ1n) is 6.29. The fraction of sp³-hybridized carbons (Fsp3) is 0.429. The molecule has 0 aliphatic rings. The lowest BCUT2D eigenvalue weighted by Gasteiger charge is -2.19. The van der Waals surface area contributed by atoms with Crippen LogP contribution in [0.4, 0.5) is 0 Å². The van der Waals surface area contributed by atoms with E-state index in [1.807, 2.05) is 24.3 Å². The van der Waals surface area contributed by atoms with Crippen molar-refractivity contribution in [2.24, 2.45) is 5.73 Å². The van der Waals surface area contributed by atoms with Gasteiger partial charge in [-0.15, -0.1) is 0 Å². The third-order valence-electron chi connectivity index (χ3n) is 2.71. The molecule has 3 N–H and O–H groups in total. The van der Waals surface area contributed by atoms with Gasteiger partial charge >= 0.3 is 5.97 Å². The summed E-state index contributed by atoms with van der Waals surface area (Å²) in [5.74, 6) is -0.559. The van der Waals surface area contributed by atoms with Gasteiger partial charge in [-0.05, 0) is 24.6 Å². The molecule has 5 nitrogen and oxygen atoms in total. The maximum atomic E-state index is 11.8. The SMILES string of the molecule is COC(=O)CC(NC(=O)CC(C)N)c1ccc(Br)cc1. The van der Waals surface area contributed by atoms with Crippen LogP contribution in [0.3, 0.4) is 0 Å². The molecule has 1 aromatic rings. The summed E-state index contributed by atoms with van der Waals surface area (Å²) in [5, 5.41) is 2.81. The maximum absolute atomic E-state index is 11.8. The largest absolute Gasteiger partial charge is 0.469 e. The number of carbonyl (C=O) groups excluding carboxylic acids is 2. The van der Waals surface area contributed by atoms with Crippen LogP contribution in [0.2, 0.25) is 0 Å². The van der Waals surface area contributed by atoms with Gasteiger partial charge in [0.2, 0.25) is 5.91 Å². The fourth-order valence-electron chi connectivity index (χ4n) is 1.74. The van der Waals surface area contributed by atoms with E-state index in [9.17, 15) is 9.59 Å². The van der Waals surface area contributed by atoms with Crippen molar-refractivity contribution in [3.05, 3.63) is 34.3 Å². The van der Waals surface area contributed by atoms with Crippen molar-refractivity contribution >= 4 is 27.8 Å². The number of methoxy groups -OCH3 is 1. The Morgan fingerprint density at radius 3 is 2.40 bits per heavy atom. The van der Waals surface area contributed by atoms with Crippen molar-refractivity contribution in [3.63, 3.8) is 0 Å². The number of halogens is 1. The topological polar surface area (TPSA) is 81.4 Å². The summed E-state index contributed by atoms with van der Waals surface area (Å²) in [6.07, 6.45) is 0.303. The molecular formula is C14H19BrN2O3. The lowest BCUT2D eigenvalue weighted by Crippen LogP contribution is -2.34. The lowest BCUT2D eigenvalue weighted by atomic mass is 10.0. The van der Waals surface area contributed by atoms with Crippen molar-refractivity contribution in [1.82, 2.24) is 5.32 Å². The maximum Gasteiger partial charge on any atom is 0.307 e. The molecular weight excluding hydrogens is 324 g/mol. The molecule has 0 saturated heterocycles. The van der Waals surface area contributed by atoms with E-state index in [4.69, 9.17) is 5.73 Å². The number of esters is 1. The van der Waals surface area contributed by atoms with E-state index in [0.717, 1.165) is 10.0 Å².